The molecule has 1 fully saturated rings. The fourth-order valence-electron chi connectivity index (χ4n) is 3.98. The van der Waals surface area contributed by atoms with Crippen molar-refractivity contribution in [1.29, 1.82) is 0 Å². The maximum absolute atomic E-state index is 13.1. The van der Waals surface area contributed by atoms with Crippen LogP contribution < -0.4 is 19.7 Å². The number of nitrogens with one attached hydrogen (secondary N) is 2. The summed E-state index contributed by atoms with van der Waals surface area (Å²) in [7, 11) is -2.26. The van der Waals surface area contributed by atoms with Crippen LogP contribution in [0.25, 0.3) is 10.4 Å². The van der Waals surface area contributed by atoms with E-state index in [1.165, 1.54) is 18.4 Å². The van der Waals surface area contributed by atoms with Crippen molar-refractivity contribution >= 4 is 44.3 Å². The van der Waals surface area contributed by atoms with Gasteiger partial charge in [0, 0.05) is 35.7 Å². The molecule has 3 aromatic rings. The summed E-state index contributed by atoms with van der Waals surface area (Å²) in [6, 6.07) is 16.8. The number of rotatable bonds is 6. The number of thiophene rings is 1. The van der Waals surface area contributed by atoms with Gasteiger partial charge in [-0.1, -0.05) is 23.7 Å². The zero-order chi connectivity index (χ0) is 22.9. The van der Waals surface area contributed by atoms with Crippen molar-refractivity contribution in [3.05, 3.63) is 58.9 Å². The van der Waals surface area contributed by atoms with Crippen LogP contribution in [-0.4, -0.2) is 40.7 Å². The van der Waals surface area contributed by atoms with Crippen molar-refractivity contribution in [2.45, 2.75) is 30.8 Å². The molecule has 1 aliphatic heterocycles. The second-order valence-corrected chi connectivity index (χ2v) is 11.4. The highest BCUT2D eigenvalue weighted by atomic mass is 35.5. The Morgan fingerprint density at radius 3 is 2.34 bits per heavy atom. The number of methoxy groups -OCH3 is 1. The molecule has 9 heteroatoms. The van der Waals surface area contributed by atoms with Crippen molar-refractivity contribution in [2.24, 2.45) is 0 Å². The Morgan fingerprint density at radius 1 is 1.06 bits per heavy atom. The molecule has 2 N–H and O–H groups in total. The Hall–Kier alpha value is -2.26. The summed E-state index contributed by atoms with van der Waals surface area (Å²) in [5.74, 6) is 0.471. The Morgan fingerprint density at radius 2 is 1.75 bits per heavy atom. The van der Waals surface area contributed by atoms with E-state index in [1.807, 2.05) is 24.3 Å². The van der Waals surface area contributed by atoms with Gasteiger partial charge in [-0.05, 0) is 61.9 Å². The molecule has 1 saturated heterocycles. The largest absolute Gasteiger partial charge is 0.495 e. The van der Waals surface area contributed by atoms with Crippen LogP contribution in [0.4, 0.5) is 11.4 Å². The standard InChI is InChI=1S/C23H26ClN3O3S2/c1-15-13-27(14-16(2)25-15)18-6-9-21(30-3)20(12-18)26-32(28,29)19-7-4-17(5-8-19)22-10-11-23(24)31-22/h4-12,15-16,25-26H,13-14H2,1-3H3/t15-,16+. The van der Waals surface area contributed by atoms with Gasteiger partial charge in [-0.3, -0.25) is 4.72 Å². The number of hydrogen-bond acceptors (Lipinski definition) is 6. The van der Waals surface area contributed by atoms with Gasteiger partial charge < -0.3 is 15.0 Å². The first kappa shape index (κ1) is 22.9. The van der Waals surface area contributed by atoms with Crippen LogP contribution in [0, 0.1) is 0 Å². The molecule has 4 rings (SSSR count). The van der Waals surface area contributed by atoms with Gasteiger partial charge in [-0.25, -0.2) is 8.42 Å². The predicted molar refractivity (Wildman–Crippen MR) is 133 cm³/mol. The van der Waals surface area contributed by atoms with Crippen molar-refractivity contribution in [2.75, 3.05) is 29.8 Å². The maximum atomic E-state index is 13.1. The molecule has 2 aromatic carbocycles. The molecule has 32 heavy (non-hydrogen) atoms. The van der Waals surface area contributed by atoms with E-state index >= 15 is 0 Å². The number of benzene rings is 2. The number of anilines is 2. The number of ether oxygens (including phenoxy) is 1. The fraction of sp³-hybridized carbons (Fsp3) is 0.304. The molecule has 0 saturated carbocycles. The van der Waals surface area contributed by atoms with Crippen LogP contribution in [0.1, 0.15) is 13.8 Å². The minimum absolute atomic E-state index is 0.181. The monoisotopic (exact) mass is 491 g/mol. The van der Waals surface area contributed by atoms with Crippen LogP contribution in [0.3, 0.4) is 0 Å². The van der Waals surface area contributed by atoms with Gasteiger partial charge >= 0.3 is 0 Å². The minimum Gasteiger partial charge on any atom is -0.495 e. The van der Waals surface area contributed by atoms with Crippen LogP contribution in [0.5, 0.6) is 5.75 Å². The summed E-state index contributed by atoms with van der Waals surface area (Å²) in [5.41, 5.74) is 2.29. The third-order valence-electron chi connectivity index (χ3n) is 5.37. The SMILES string of the molecule is COc1ccc(N2C[C@@H](C)N[C@@H](C)C2)cc1NS(=O)(=O)c1ccc(-c2ccc(Cl)s2)cc1. The number of piperazine rings is 1. The summed E-state index contributed by atoms with van der Waals surface area (Å²) in [4.78, 5) is 3.42. The predicted octanol–water partition coefficient (Wildman–Crippen LogP) is 5.06. The van der Waals surface area contributed by atoms with E-state index < -0.39 is 10.0 Å². The topological polar surface area (TPSA) is 70.7 Å². The lowest BCUT2D eigenvalue weighted by molar-refractivity contribution is 0.406. The lowest BCUT2D eigenvalue weighted by atomic mass is 10.1. The summed E-state index contributed by atoms with van der Waals surface area (Å²) >= 11 is 7.46. The van der Waals surface area contributed by atoms with E-state index in [2.05, 4.69) is 28.8 Å². The second kappa shape index (κ2) is 9.31. The van der Waals surface area contributed by atoms with Gasteiger partial charge in [-0.15, -0.1) is 11.3 Å². The second-order valence-electron chi connectivity index (χ2n) is 7.99. The van der Waals surface area contributed by atoms with Crippen molar-refractivity contribution in [3.8, 4) is 16.2 Å². The van der Waals surface area contributed by atoms with Crippen molar-refractivity contribution in [3.63, 3.8) is 0 Å². The highest BCUT2D eigenvalue weighted by Crippen LogP contribution is 2.34. The molecule has 2 atom stereocenters. The number of halogens is 1. The van der Waals surface area contributed by atoms with Gasteiger partial charge in [0.2, 0.25) is 0 Å². The molecule has 0 unspecified atom stereocenters. The number of hydrogen-bond donors (Lipinski definition) is 2. The maximum Gasteiger partial charge on any atom is 0.262 e. The van der Waals surface area contributed by atoms with Gasteiger partial charge in [0.05, 0.1) is 22.0 Å². The van der Waals surface area contributed by atoms with E-state index in [9.17, 15) is 8.42 Å². The zero-order valence-corrected chi connectivity index (χ0v) is 20.5. The first-order valence-corrected chi connectivity index (χ1v) is 13.0. The van der Waals surface area contributed by atoms with Gasteiger partial charge in [0.25, 0.3) is 10.0 Å². The number of sulfonamides is 1. The average molecular weight is 492 g/mol. The Labute approximate surface area is 198 Å². The van der Waals surface area contributed by atoms with Crippen LogP contribution in [-0.2, 0) is 10.0 Å². The minimum atomic E-state index is -3.79. The molecule has 0 spiro atoms. The zero-order valence-electron chi connectivity index (χ0n) is 18.1. The Kier molecular flexibility index (Phi) is 6.67. The molecular weight excluding hydrogens is 466 g/mol. The molecule has 6 nitrogen and oxygen atoms in total. The van der Waals surface area contributed by atoms with Crippen molar-refractivity contribution < 1.29 is 13.2 Å². The van der Waals surface area contributed by atoms with Crippen LogP contribution in [0.2, 0.25) is 4.34 Å². The molecule has 2 heterocycles. The Bertz CT molecular complexity index is 1190. The first-order chi connectivity index (χ1) is 15.2. The summed E-state index contributed by atoms with van der Waals surface area (Å²) in [6.45, 7) is 5.97. The molecule has 0 amide bonds. The summed E-state index contributed by atoms with van der Waals surface area (Å²) in [5, 5.41) is 3.51. The molecule has 0 bridgehead atoms. The molecular formula is C23H26ClN3O3S2. The highest BCUT2D eigenvalue weighted by molar-refractivity contribution is 7.92. The third kappa shape index (κ3) is 5.04. The van der Waals surface area contributed by atoms with E-state index in [0.717, 1.165) is 29.2 Å². The van der Waals surface area contributed by atoms with E-state index in [1.54, 1.807) is 30.3 Å². The number of nitrogens with zero attached hydrogens (tertiary/aromatic N) is 1. The fourth-order valence-corrected chi connectivity index (χ4v) is 6.09. The average Bonchev–Trinajstić information content (AvgIpc) is 3.19. The molecule has 170 valence electrons. The van der Waals surface area contributed by atoms with E-state index in [0.29, 0.717) is 27.9 Å². The van der Waals surface area contributed by atoms with Crippen molar-refractivity contribution in [1.82, 2.24) is 5.32 Å². The van der Waals surface area contributed by atoms with Crippen LogP contribution in [0.15, 0.2) is 59.5 Å². The van der Waals surface area contributed by atoms with E-state index in [4.69, 9.17) is 16.3 Å². The molecule has 1 aliphatic rings. The lowest BCUT2D eigenvalue weighted by Gasteiger charge is -2.38. The van der Waals surface area contributed by atoms with E-state index in [-0.39, 0.29) is 4.90 Å². The first-order valence-electron chi connectivity index (χ1n) is 10.3. The van der Waals surface area contributed by atoms with Crippen LogP contribution >= 0.6 is 22.9 Å². The lowest BCUT2D eigenvalue weighted by Crippen LogP contribution is -2.54. The normalized spacial score (nSPS) is 19.1. The molecule has 0 radical (unpaired) electrons. The van der Waals surface area contributed by atoms with Gasteiger partial charge in [0.15, 0.2) is 0 Å². The quantitative estimate of drug-likeness (QED) is 0.504. The molecule has 1 aromatic heterocycles. The van der Waals surface area contributed by atoms with Gasteiger partial charge in [-0.2, -0.15) is 0 Å². The summed E-state index contributed by atoms with van der Waals surface area (Å²) < 4.78 is 35.0. The molecule has 0 aliphatic carbocycles. The smallest absolute Gasteiger partial charge is 0.262 e. The van der Waals surface area contributed by atoms with Gasteiger partial charge in [0.1, 0.15) is 5.75 Å². The Balaban J connectivity index is 1.59. The third-order valence-corrected chi connectivity index (χ3v) is 8.03. The summed E-state index contributed by atoms with van der Waals surface area (Å²) in [6.07, 6.45) is 0. The highest BCUT2D eigenvalue weighted by Gasteiger charge is 2.23.